The molecule has 8 heteroatoms. The molecule has 0 saturated heterocycles. The minimum absolute atomic E-state index is 0.0276. The zero-order valence-corrected chi connectivity index (χ0v) is 20.6. The van der Waals surface area contributed by atoms with Crippen LogP contribution in [-0.2, 0) is 3.42 Å². The lowest BCUT2D eigenvalue weighted by Crippen LogP contribution is -2.11. The van der Waals surface area contributed by atoms with E-state index >= 15 is 0 Å². The molecule has 0 bridgehead atoms. The lowest BCUT2D eigenvalue weighted by Gasteiger charge is -2.17. The van der Waals surface area contributed by atoms with Crippen LogP contribution < -0.4 is 5.32 Å². The molecular weight excluding hydrogens is 527 g/mol. The number of hydrogen-bond donors (Lipinski definition) is 2. The van der Waals surface area contributed by atoms with Gasteiger partial charge in [0.2, 0.25) is 0 Å². The fourth-order valence-corrected chi connectivity index (χ4v) is 4.06. The van der Waals surface area contributed by atoms with E-state index in [0.29, 0.717) is 11.7 Å². The fourth-order valence-electron chi connectivity index (χ4n) is 3.74. The van der Waals surface area contributed by atoms with Crippen LogP contribution in [0.4, 0.5) is 5.69 Å². The Kier molecular flexibility index (Phi) is 5.88. The highest BCUT2D eigenvalue weighted by Crippen LogP contribution is 2.38. The number of alkyl halides is 1. The summed E-state index contributed by atoms with van der Waals surface area (Å²) in [5, 5.41) is 22.4. The molecule has 1 fully saturated rings. The Morgan fingerprint density at radius 2 is 1.91 bits per heavy atom. The van der Waals surface area contributed by atoms with Gasteiger partial charge in [0.15, 0.2) is 12.1 Å². The van der Waals surface area contributed by atoms with Crippen LogP contribution in [0.2, 0.25) is 0 Å². The van der Waals surface area contributed by atoms with E-state index in [0.717, 1.165) is 46.7 Å². The van der Waals surface area contributed by atoms with Gasteiger partial charge >= 0.3 is 0 Å². The number of aliphatic hydroxyl groups excluding tert-OH is 1. The van der Waals surface area contributed by atoms with E-state index in [1.54, 1.807) is 12.5 Å². The van der Waals surface area contributed by atoms with Crippen molar-refractivity contribution >= 4 is 28.3 Å². The zero-order valence-electron chi connectivity index (χ0n) is 18.5. The Morgan fingerprint density at radius 1 is 1.06 bits per heavy atom. The zero-order chi connectivity index (χ0) is 23.0. The van der Waals surface area contributed by atoms with Gasteiger partial charge in [0.1, 0.15) is 6.33 Å². The molecule has 3 aromatic heterocycles. The maximum absolute atomic E-state index is 10.8. The van der Waals surface area contributed by atoms with Gasteiger partial charge in [-0.15, -0.1) is 10.2 Å². The minimum atomic E-state index is -0.956. The van der Waals surface area contributed by atoms with E-state index < -0.39 is 6.23 Å². The summed E-state index contributed by atoms with van der Waals surface area (Å²) in [4.78, 5) is 8.98. The third-order valence-electron chi connectivity index (χ3n) is 5.70. The van der Waals surface area contributed by atoms with Crippen LogP contribution >= 0.6 is 22.6 Å². The van der Waals surface area contributed by atoms with Crippen molar-refractivity contribution in [3.63, 3.8) is 0 Å². The normalized spacial score (nSPS) is 14.8. The maximum atomic E-state index is 10.8. The first-order valence-electron chi connectivity index (χ1n) is 10.9. The highest BCUT2D eigenvalue weighted by molar-refractivity contribution is 14.1. The van der Waals surface area contributed by atoms with Crippen molar-refractivity contribution in [2.75, 3.05) is 5.32 Å². The second-order valence-electron chi connectivity index (χ2n) is 8.79. The highest BCUT2D eigenvalue weighted by Gasteiger charge is 2.26. The van der Waals surface area contributed by atoms with E-state index in [4.69, 9.17) is 0 Å². The van der Waals surface area contributed by atoms with Crippen molar-refractivity contribution in [2.45, 2.75) is 42.4 Å². The quantitative estimate of drug-likeness (QED) is 0.179. The van der Waals surface area contributed by atoms with Crippen LogP contribution in [0.3, 0.4) is 0 Å². The molecule has 0 radical (unpaired) electrons. The third-order valence-corrected chi connectivity index (χ3v) is 6.26. The van der Waals surface area contributed by atoms with Crippen LogP contribution in [-0.4, -0.2) is 29.8 Å². The van der Waals surface area contributed by atoms with Crippen molar-refractivity contribution in [2.24, 2.45) is 0 Å². The molecule has 1 aliphatic rings. The van der Waals surface area contributed by atoms with Crippen LogP contribution in [0.5, 0.6) is 0 Å². The number of aromatic nitrogens is 5. The van der Waals surface area contributed by atoms with Crippen molar-refractivity contribution in [1.29, 1.82) is 0 Å². The molecular formula is C25H25IN6O. The molecule has 1 saturated carbocycles. The summed E-state index contributed by atoms with van der Waals surface area (Å²) in [5.41, 5.74) is 5.25. The molecule has 33 heavy (non-hydrogen) atoms. The van der Waals surface area contributed by atoms with E-state index in [9.17, 15) is 5.11 Å². The summed E-state index contributed by atoms with van der Waals surface area (Å²) in [7, 11) is 0. The lowest BCUT2D eigenvalue weighted by molar-refractivity contribution is 0.203. The van der Waals surface area contributed by atoms with Crippen molar-refractivity contribution in [1.82, 2.24) is 24.7 Å². The number of aliphatic hydroxyl groups is 1. The Morgan fingerprint density at radius 3 is 2.64 bits per heavy atom. The number of halogens is 1. The molecule has 3 heterocycles. The molecule has 168 valence electrons. The van der Waals surface area contributed by atoms with Crippen molar-refractivity contribution < 1.29 is 5.11 Å². The monoisotopic (exact) mass is 552 g/mol. The number of pyridine rings is 2. The topological polar surface area (TPSA) is 88.8 Å². The predicted molar refractivity (Wildman–Crippen MR) is 137 cm³/mol. The molecule has 2 N–H and O–H groups in total. The van der Waals surface area contributed by atoms with Gasteiger partial charge in [-0.25, -0.2) is 0 Å². The highest BCUT2D eigenvalue weighted by atomic mass is 127. The average molecular weight is 552 g/mol. The Bertz CT molecular complexity index is 1260. The Balaban J connectivity index is 1.34. The third kappa shape index (κ3) is 4.91. The smallest absolute Gasteiger partial charge is 0.168 e. The molecule has 5 rings (SSSR count). The maximum Gasteiger partial charge on any atom is 0.168 e. The van der Waals surface area contributed by atoms with Gasteiger partial charge in [0, 0.05) is 35.2 Å². The molecule has 0 aliphatic heterocycles. The summed E-state index contributed by atoms with van der Waals surface area (Å²) in [5.74, 6) is 0.849. The summed E-state index contributed by atoms with van der Waals surface area (Å²) in [6.07, 6.45) is 6.74. The largest absolute Gasteiger partial charge is 0.368 e. The summed E-state index contributed by atoms with van der Waals surface area (Å²) in [6, 6.07) is 16.3. The summed E-state index contributed by atoms with van der Waals surface area (Å²) < 4.78 is 2.10. The molecule has 1 atom stereocenters. The molecule has 1 unspecified atom stereocenters. The summed E-state index contributed by atoms with van der Waals surface area (Å²) >= 11 is 2.38. The SMILES string of the molecule is CC(C)(I)c1ccc(-c2ccnc(C(O)Nc3cccc(-c4nncn4C4CC4)c3)c2)cn1. The van der Waals surface area contributed by atoms with Gasteiger partial charge in [-0.3, -0.25) is 9.97 Å². The van der Waals surface area contributed by atoms with Crippen LogP contribution in [0.25, 0.3) is 22.5 Å². The van der Waals surface area contributed by atoms with Crippen LogP contribution in [0.1, 0.15) is 50.3 Å². The molecule has 7 nitrogen and oxygen atoms in total. The predicted octanol–water partition coefficient (Wildman–Crippen LogP) is 5.51. The average Bonchev–Trinajstić information content (AvgIpc) is 3.55. The number of rotatable bonds is 7. The van der Waals surface area contributed by atoms with E-state index in [-0.39, 0.29) is 3.42 Å². The van der Waals surface area contributed by atoms with Crippen LogP contribution in [0, 0.1) is 0 Å². The first-order valence-corrected chi connectivity index (χ1v) is 12.0. The lowest BCUT2D eigenvalue weighted by atomic mass is 10.0. The van der Waals surface area contributed by atoms with Gasteiger partial charge in [-0.05, 0) is 62.6 Å². The second kappa shape index (κ2) is 8.83. The summed E-state index contributed by atoms with van der Waals surface area (Å²) in [6.45, 7) is 4.26. The number of benzene rings is 1. The van der Waals surface area contributed by atoms with E-state index in [2.05, 4.69) is 72.6 Å². The molecule has 1 aliphatic carbocycles. The standard InChI is InChI=1S/C25H25IN6O/c1-25(2,26)22-9-6-18(14-28-22)16-10-11-27-21(13-16)24(33)30-19-5-3-4-17(12-19)23-31-29-15-32(23)20-7-8-20/h3-6,9-15,20,24,30,33H,7-8H2,1-2H3. The number of nitrogens with one attached hydrogen (secondary N) is 1. The van der Waals surface area contributed by atoms with Gasteiger partial charge in [-0.1, -0.05) is 40.8 Å². The molecule has 1 aromatic carbocycles. The van der Waals surface area contributed by atoms with Crippen molar-refractivity contribution in [3.8, 4) is 22.5 Å². The number of nitrogens with zero attached hydrogens (tertiary/aromatic N) is 5. The number of hydrogen-bond acceptors (Lipinski definition) is 6. The Labute approximate surface area is 206 Å². The molecule has 0 spiro atoms. The molecule has 4 aromatic rings. The van der Waals surface area contributed by atoms with Gasteiger partial charge < -0.3 is 15.0 Å². The van der Waals surface area contributed by atoms with E-state index in [1.807, 2.05) is 48.7 Å². The van der Waals surface area contributed by atoms with Crippen molar-refractivity contribution in [3.05, 3.63) is 78.6 Å². The Hall–Kier alpha value is -2.85. The fraction of sp³-hybridized carbons (Fsp3) is 0.280. The van der Waals surface area contributed by atoms with E-state index in [1.165, 1.54) is 0 Å². The van der Waals surface area contributed by atoms with Gasteiger partial charge in [0.25, 0.3) is 0 Å². The second-order valence-corrected chi connectivity index (χ2v) is 11.5. The number of anilines is 1. The first-order chi connectivity index (χ1) is 15.9. The minimum Gasteiger partial charge on any atom is -0.368 e. The molecule has 0 amide bonds. The van der Waals surface area contributed by atoms with Gasteiger partial charge in [0.05, 0.1) is 14.8 Å². The first kappa shape index (κ1) is 22.0. The van der Waals surface area contributed by atoms with Crippen LogP contribution in [0.15, 0.2) is 67.3 Å². The van der Waals surface area contributed by atoms with Gasteiger partial charge in [-0.2, -0.15) is 0 Å².